The van der Waals surface area contributed by atoms with Gasteiger partial charge in [-0.2, -0.15) is 0 Å². The van der Waals surface area contributed by atoms with Crippen molar-refractivity contribution in [2.45, 2.75) is 25.9 Å². The quantitative estimate of drug-likeness (QED) is 0.882. The van der Waals surface area contributed by atoms with Crippen LogP contribution in [0.5, 0.6) is 5.75 Å². The monoisotopic (exact) mass is 358 g/mol. The average molecular weight is 359 g/mol. The number of nitrogens with one attached hydrogen (secondary N) is 1. The summed E-state index contributed by atoms with van der Waals surface area (Å²) in [6, 6.07) is 14.2. The van der Waals surface area contributed by atoms with Gasteiger partial charge in [-0.1, -0.05) is 29.8 Å². The molecular weight excluding hydrogens is 340 g/mol. The van der Waals surface area contributed by atoms with Crippen molar-refractivity contribution in [1.29, 1.82) is 0 Å². The molecule has 3 rings (SSSR count). The van der Waals surface area contributed by atoms with E-state index in [0.29, 0.717) is 35.1 Å². The molecule has 0 aliphatic carbocycles. The molecule has 0 saturated carbocycles. The fraction of sp³-hybridized carbons (Fsp3) is 0.263. The minimum atomic E-state index is -0.708. The highest BCUT2D eigenvalue weighted by atomic mass is 35.5. The van der Waals surface area contributed by atoms with Gasteiger partial charge in [0.2, 0.25) is 5.91 Å². The van der Waals surface area contributed by atoms with Crippen LogP contribution in [0, 0.1) is 0 Å². The molecule has 1 heterocycles. The second-order valence-corrected chi connectivity index (χ2v) is 6.31. The van der Waals surface area contributed by atoms with Gasteiger partial charge in [0.25, 0.3) is 5.91 Å². The third-order valence-electron chi connectivity index (χ3n) is 4.00. The molecular formula is C19H19ClN2O3. The first-order valence-electron chi connectivity index (χ1n) is 8.17. The molecule has 2 aromatic carbocycles. The van der Waals surface area contributed by atoms with Crippen LogP contribution in [0.3, 0.4) is 0 Å². The van der Waals surface area contributed by atoms with Crippen molar-refractivity contribution in [2.24, 2.45) is 0 Å². The number of anilines is 2. The van der Waals surface area contributed by atoms with E-state index in [0.717, 1.165) is 6.42 Å². The molecule has 0 bridgehead atoms. The first-order valence-corrected chi connectivity index (χ1v) is 8.55. The van der Waals surface area contributed by atoms with Crippen molar-refractivity contribution >= 4 is 34.8 Å². The standard InChI is InChI=1S/C19H19ClN2O3/c1-13(25-15-7-4-6-14(20)12-15)19(24)21-16-8-2-3-9-17(16)22-11-5-10-18(22)23/h2-4,6-9,12-13H,5,10-11H2,1H3,(H,21,24). The van der Waals surface area contributed by atoms with E-state index in [1.165, 1.54) is 0 Å². The predicted octanol–water partition coefficient (Wildman–Crippen LogP) is 3.87. The van der Waals surface area contributed by atoms with E-state index in [-0.39, 0.29) is 11.8 Å². The number of nitrogens with zero attached hydrogens (tertiary/aromatic N) is 1. The van der Waals surface area contributed by atoms with E-state index in [4.69, 9.17) is 16.3 Å². The number of amides is 2. The molecule has 1 atom stereocenters. The number of benzene rings is 2. The normalized spacial score (nSPS) is 15.1. The van der Waals surface area contributed by atoms with Crippen molar-refractivity contribution < 1.29 is 14.3 Å². The topological polar surface area (TPSA) is 58.6 Å². The van der Waals surface area contributed by atoms with Gasteiger partial charge < -0.3 is 15.0 Å². The molecule has 130 valence electrons. The fourth-order valence-electron chi connectivity index (χ4n) is 2.75. The molecule has 1 aliphatic rings. The predicted molar refractivity (Wildman–Crippen MR) is 98.2 cm³/mol. The Labute approximate surface area is 151 Å². The van der Waals surface area contributed by atoms with Crippen LogP contribution >= 0.6 is 11.6 Å². The van der Waals surface area contributed by atoms with Gasteiger partial charge in [0.1, 0.15) is 5.75 Å². The molecule has 6 heteroatoms. The number of para-hydroxylation sites is 2. The first-order chi connectivity index (χ1) is 12.0. The van der Waals surface area contributed by atoms with E-state index in [1.54, 1.807) is 42.2 Å². The second kappa shape index (κ2) is 7.57. The summed E-state index contributed by atoms with van der Waals surface area (Å²) in [6.45, 7) is 2.33. The highest BCUT2D eigenvalue weighted by Gasteiger charge is 2.25. The lowest BCUT2D eigenvalue weighted by molar-refractivity contribution is -0.122. The van der Waals surface area contributed by atoms with Crippen molar-refractivity contribution in [1.82, 2.24) is 0 Å². The van der Waals surface area contributed by atoms with Gasteiger partial charge in [0, 0.05) is 18.0 Å². The molecule has 2 amide bonds. The van der Waals surface area contributed by atoms with Crippen LogP contribution < -0.4 is 15.0 Å². The van der Waals surface area contributed by atoms with Crippen LogP contribution in [0.4, 0.5) is 11.4 Å². The number of ether oxygens (including phenoxy) is 1. The summed E-state index contributed by atoms with van der Waals surface area (Å²) >= 11 is 5.93. The Balaban J connectivity index is 1.71. The summed E-state index contributed by atoms with van der Waals surface area (Å²) in [5.41, 5.74) is 1.32. The molecule has 1 aliphatic heterocycles. The average Bonchev–Trinajstić information content (AvgIpc) is 3.01. The maximum atomic E-state index is 12.5. The molecule has 0 spiro atoms. The molecule has 25 heavy (non-hydrogen) atoms. The van der Waals surface area contributed by atoms with Crippen LogP contribution in [0.25, 0.3) is 0 Å². The summed E-state index contributed by atoms with van der Waals surface area (Å²) in [5.74, 6) is 0.308. The van der Waals surface area contributed by atoms with E-state index in [1.807, 2.05) is 18.2 Å². The number of carbonyl (C=O) groups is 2. The summed E-state index contributed by atoms with van der Waals surface area (Å²) in [7, 11) is 0. The maximum Gasteiger partial charge on any atom is 0.265 e. The zero-order chi connectivity index (χ0) is 17.8. The van der Waals surface area contributed by atoms with Crippen LogP contribution in [0.1, 0.15) is 19.8 Å². The number of hydrogen-bond donors (Lipinski definition) is 1. The Morgan fingerprint density at radius 3 is 2.76 bits per heavy atom. The van der Waals surface area contributed by atoms with Crippen molar-refractivity contribution in [2.75, 3.05) is 16.8 Å². The van der Waals surface area contributed by atoms with Gasteiger partial charge in [-0.05, 0) is 43.7 Å². The van der Waals surface area contributed by atoms with Crippen LogP contribution in [0.2, 0.25) is 5.02 Å². The van der Waals surface area contributed by atoms with Gasteiger partial charge in [0.05, 0.1) is 11.4 Å². The van der Waals surface area contributed by atoms with Crippen LogP contribution in [0.15, 0.2) is 48.5 Å². The zero-order valence-electron chi connectivity index (χ0n) is 13.9. The summed E-state index contributed by atoms with van der Waals surface area (Å²) in [4.78, 5) is 26.2. The number of hydrogen-bond acceptors (Lipinski definition) is 3. The molecule has 1 fully saturated rings. The number of halogens is 1. The number of carbonyl (C=O) groups excluding carboxylic acids is 2. The number of rotatable bonds is 5. The lowest BCUT2D eigenvalue weighted by atomic mass is 10.2. The largest absolute Gasteiger partial charge is 0.481 e. The van der Waals surface area contributed by atoms with E-state index < -0.39 is 6.10 Å². The van der Waals surface area contributed by atoms with E-state index in [9.17, 15) is 9.59 Å². The van der Waals surface area contributed by atoms with Crippen molar-refractivity contribution in [3.63, 3.8) is 0 Å². The lowest BCUT2D eigenvalue weighted by Crippen LogP contribution is -2.31. The third-order valence-corrected chi connectivity index (χ3v) is 4.24. The Morgan fingerprint density at radius 2 is 2.04 bits per heavy atom. The highest BCUT2D eigenvalue weighted by Crippen LogP contribution is 2.29. The van der Waals surface area contributed by atoms with Crippen LogP contribution in [-0.4, -0.2) is 24.5 Å². The molecule has 2 aromatic rings. The van der Waals surface area contributed by atoms with Gasteiger partial charge in [0.15, 0.2) is 6.10 Å². The van der Waals surface area contributed by atoms with Gasteiger partial charge in [-0.3, -0.25) is 9.59 Å². The summed E-state index contributed by atoms with van der Waals surface area (Å²) in [6.07, 6.45) is 0.659. The van der Waals surface area contributed by atoms with E-state index >= 15 is 0 Å². The maximum absolute atomic E-state index is 12.5. The van der Waals surface area contributed by atoms with Gasteiger partial charge in [-0.15, -0.1) is 0 Å². The van der Waals surface area contributed by atoms with Gasteiger partial charge >= 0.3 is 0 Å². The molecule has 1 unspecified atom stereocenters. The smallest absolute Gasteiger partial charge is 0.265 e. The minimum Gasteiger partial charge on any atom is -0.481 e. The van der Waals surface area contributed by atoms with Crippen molar-refractivity contribution in [3.8, 4) is 5.75 Å². The highest BCUT2D eigenvalue weighted by molar-refractivity contribution is 6.30. The molecule has 0 radical (unpaired) electrons. The Hall–Kier alpha value is -2.53. The van der Waals surface area contributed by atoms with Gasteiger partial charge in [-0.25, -0.2) is 0 Å². The Morgan fingerprint density at radius 1 is 1.24 bits per heavy atom. The Bertz CT molecular complexity index is 794. The minimum absolute atomic E-state index is 0.0740. The fourth-order valence-corrected chi connectivity index (χ4v) is 2.93. The second-order valence-electron chi connectivity index (χ2n) is 5.87. The van der Waals surface area contributed by atoms with Crippen LogP contribution in [-0.2, 0) is 9.59 Å². The molecule has 0 aromatic heterocycles. The zero-order valence-corrected chi connectivity index (χ0v) is 14.6. The van der Waals surface area contributed by atoms with Crippen molar-refractivity contribution in [3.05, 3.63) is 53.6 Å². The first kappa shape index (κ1) is 17.3. The third kappa shape index (κ3) is 4.12. The van der Waals surface area contributed by atoms with E-state index in [2.05, 4.69) is 5.32 Å². The summed E-state index contributed by atoms with van der Waals surface area (Å²) in [5, 5.41) is 3.40. The summed E-state index contributed by atoms with van der Waals surface area (Å²) < 4.78 is 5.64. The SMILES string of the molecule is CC(Oc1cccc(Cl)c1)C(=O)Nc1ccccc1N1CCCC1=O. The molecule has 1 N–H and O–H groups in total. The Kier molecular flexibility index (Phi) is 5.24. The molecule has 1 saturated heterocycles. The lowest BCUT2D eigenvalue weighted by Gasteiger charge is -2.21. The molecule has 5 nitrogen and oxygen atoms in total.